The Balaban J connectivity index is 1.28. The van der Waals surface area contributed by atoms with Crippen molar-refractivity contribution in [3.63, 3.8) is 0 Å². The number of pyridine rings is 3. The summed E-state index contributed by atoms with van der Waals surface area (Å²) in [5, 5.41) is 16.2. The average Bonchev–Trinajstić information content (AvgIpc) is 3.66. The third-order valence-corrected chi connectivity index (χ3v) is 7.78. The van der Waals surface area contributed by atoms with Gasteiger partial charge in [0.15, 0.2) is 5.82 Å². The van der Waals surface area contributed by atoms with Crippen LogP contribution in [0.4, 0.5) is 17.3 Å². The number of nitrogens with one attached hydrogen (secondary N) is 3. The van der Waals surface area contributed by atoms with Crippen LogP contribution in [0.2, 0.25) is 0 Å². The molecular weight excluding hydrogens is 474 g/mol. The Morgan fingerprint density at radius 1 is 1.03 bits per heavy atom. The minimum Gasteiger partial charge on any atom is -0.366 e. The molecule has 1 atom stereocenters. The van der Waals surface area contributed by atoms with Crippen molar-refractivity contribution in [3.8, 4) is 11.4 Å². The maximum absolute atomic E-state index is 5.14. The SMILES string of the molecule is CC1(C)CNCCC1Nc1nc(-c2ccnc(Nc3ccc4ccnn4c3)c2)nc2cncc(C3CC3)c12. The van der Waals surface area contributed by atoms with Crippen molar-refractivity contribution < 1.29 is 0 Å². The van der Waals surface area contributed by atoms with E-state index >= 15 is 0 Å². The number of hydrogen-bond acceptors (Lipinski definition) is 8. The molecule has 6 heterocycles. The molecular formula is C29H31N9. The normalized spacial score (nSPS) is 19.1. The molecule has 0 bridgehead atoms. The zero-order valence-corrected chi connectivity index (χ0v) is 21.6. The van der Waals surface area contributed by atoms with Gasteiger partial charge in [-0.3, -0.25) is 4.98 Å². The molecule has 9 heteroatoms. The Kier molecular flexibility index (Phi) is 5.47. The quantitative estimate of drug-likeness (QED) is 0.291. The summed E-state index contributed by atoms with van der Waals surface area (Å²) in [5.74, 6) is 2.84. The van der Waals surface area contributed by atoms with Gasteiger partial charge in [-0.05, 0) is 73.0 Å². The first-order valence-corrected chi connectivity index (χ1v) is 13.3. The lowest BCUT2D eigenvalue weighted by Gasteiger charge is -2.40. The molecule has 192 valence electrons. The predicted octanol–water partition coefficient (Wildman–Crippen LogP) is 5.16. The highest BCUT2D eigenvalue weighted by Gasteiger charge is 2.34. The monoisotopic (exact) mass is 505 g/mol. The van der Waals surface area contributed by atoms with E-state index in [4.69, 9.17) is 9.97 Å². The van der Waals surface area contributed by atoms with Crippen LogP contribution in [-0.4, -0.2) is 48.7 Å². The zero-order chi connectivity index (χ0) is 25.7. The molecule has 1 aliphatic carbocycles. The molecule has 9 nitrogen and oxygen atoms in total. The molecule has 2 fully saturated rings. The maximum Gasteiger partial charge on any atom is 0.162 e. The Labute approximate surface area is 221 Å². The first-order valence-electron chi connectivity index (χ1n) is 13.3. The fourth-order valence-corrected chi connectivity index (χ4v) is 5.42. The second-order valence-corrected chi connectivity index (χ2v) is 11.1. The van der Waals surface area contributed by atoms with E-state index in [9.17, 15) is 0 Å². The zero-order valence-electron chi connectivity index (χ0n) is 21.6. The summed E-state index contributed by atoms with van der Waals surface area (Å²) in [7, 11) is 0. The number of nitrogens with zero attached hydrogens (tertiary/aromatic N) is 6. The first-order chi connectivity index (χ1) is 18.5. The average molecular weight is 506 g/mol. The van der Waals surface area contributed by atoms with Crippen LogP contribution in [0, 0.1) is 5.41 Å². The minimum atomic E-state index is 0.103. The largest absolute Gasteiger partial charge is 0.366 e. The second-order valence-electron chi connectivity index (χ2n) is 11.1. The van der Waals surface area contributed by atoms with Crippen LogP contribution in [0.5, 0.6) is 0 Å². The number of aromatic nitrogens is 6. The minimum absolute atomic E-state index is 0.103. The van der Waals surface area contributed by atoms with Gasteiger partial charge >= 0.3 is 0 Å². The van der Waals surface area contributed by atoms with Gasteiger partial charge in [0.1, 0.15) is 11.6 Å². The van der Waals surface area contributed by atoms with Crippen molar-refractivity contribution in [1.29, 1.82) is 0 Å². The van der Waals surface area contributed by atoms with Gasteiger partial charge in [-0.25, -0.2) is 19.5 Å². The van der Waals surface area contributed by atoms with Gasteiger partial charge in [0.2, 0.25) is 0 Å². The number of fused-ring (bicyclic) bond motifs is 2. The second kappa shape index (κ2) is 9.02. The first kappa shape index (κ1) is 23.0. The number of piperidine rings is 1. The molecule has 1 saturated heterocycles. The third kappa shape index (κ3) is 4.32. The molecule has 0 spiro atoms. The molecule has 1 aliphatic heterocycles. The van der Waals surface area contributed by atoms with E-state index in [1.165, 1.54) is 18.4 Å². The van der Waals surface area contributed by atoms with Gasteiger partial charge in [0, 0.05) is 42.1 Å². The summed E-state index contributed by atoms with van der Waals surface area (Å²) in [6, 6.07) is 10.3. The van der Waals surface area contributed by atoms with Crippen molar-refractivity contribution in [3.05, 3.63) is 66.9 Å². The van der Waals surface area contributed by atoms with Crippen LogP contribution >= 0.6 is 0 Å². The molecule has 0 amide bonds. The summed E-state index contributed by atoms with van der Waals surface area (Å²) in [6.45, 7) is 6.59. The standard InChI is InChI=1S/C29H31N9/c1-29(2)17-30-10-9-24(29)36-28-26-22(18-3-4-18)14-31-15-23(26)35-27(37-28)19-7-11-32-25(13-19)34-20-5-6-21-8-12-33-38(21)16-20/h5-8,11-16,18,24,30H,3-4,9-10,17H2,1-2H3,(H,32,34)(H,35,36,37). The Morgan fingerprint density at radius 2 is 1.95 bits per heavy atom. The topological polar surface area (TPSA) is 105 Å². The van der Waals surface area contributed by atoms with E-state index in [2.05, 4.69) is 44.9 Å². The highest BCUT2D eigenvalue weighted by Crippen LogP contribution is 2.44. The highest BCUT2D eigenvalue weighted by molar-refractivity contribution is 5.93. The summed E-state index contributed by atoms with van der Waals surface area (Å²) in [4.78, 5) is 19.2. The smallest absolute Gasteiger partial charge is 0.162 e. The molecule has 1 saturated carbocycles. The molecule has 5 aromatic rings. The van der Waals surface area contributed by atoms with Gasteiger partial charge in [-0.1, -0.05) is 13.8 Å². The van der Waals surface area contributed by atoms with Crippen molar-refractivity contribution >= 4 is 33.7 Å². The van der Waals surface area contributed by atoms with E-state index in [0.717, 1.165) is 58.8 Å². The van der Waals surface area contributed by atoms with Crippen LogP contribution < -0.4 is 16.0 Å². The third-order valence-electron chi connectivity index (χ3n) is 7.78. The van der Waals surface area contributed by atoms with Crippen LogP contribution in [0.3, 0.4) is 0 Å². The van der Waals surface area contributed by atoms with Crippen molar-refractivity contribution in [2.24, 2.45) is 5.41 Å². The van der Waals surface area contributed by atoms with Crippen molar-refractivity contribution in [1.82, 2.24) is 34.9 Å². The fraction of sp³-hybridized carbons (Fsp3) is 0.345. The van der Waals surface area contributed by atoms with E-state index in [1.54, 1.807) is 12.4 Å². The summed E-state index contributed by atoms with van der Waals surface area (Å²) in [6.07, 6.45) is 12.8. The lowest BCUT2D eigenvalue weighted by Crippen LogP contribution is -2.49. The van der Waals surface area contributed by atoms with E-state index in [1.807, 2.05) is 53.4 Å². The van der Waals surface area contributed by atoms with Crippen LogP contribution in [0.25, 0.3) is 27.8 Å². The molecule has 0 radical (unpaired) electrons. The lowest BCUT2D eigenvalue weighted by atomic mass is 9.80. The highest BCUT2D eigenvalue weighted by atomic mass is 15.2. The van der Waals surface area contributed by atoms with Gasteiger partial charge in [-0.15, -0.1) is 0 Å². The van der Waals surface area contributed by atoms with Gasteiger partial charge in [-0.2, -0.15) is 5.10 Å². The van der Waals surface area contributed by atoms with Crippen LogP contribution in [-0.2, 0) is 0 Å². The van der Waals surface area contributed by atoms with E-state index < -0.39 is 0 Å². The molecule has 2 aliphatic rings. The van der Waals surface area contributed by atoms with E-state index in [-0.39, 0.29) is 5.41 Å². The van der Waals surface area contributed by atoms with Crippen LogP contribution in [0.15, 0.2) is 61.3 Å². The lowest BCUT2D eigenvalue weighted by molar-refractivity contribution is 0.236. The summed E-state index contributed by atoms with van der Waals surface area (Å²) in [5.41, 5.74) is 5.08. The fourth-order valence-electron chi connectivity index (χ4n) is 5.42. The number of anilines is 3. The van der Waals surface area contributed by atoms with Crippen LogP contribution in [0.1, 0.15) is 44.6 Å². The molecule has 7 rings (SSSR count). The van der Waals surface area contributed by atoms with Gasteiger partial charge in [0.05, 0.1) is 29.1 Å². The summed E-state index contributed by atoms with van der Waals surface area (Å²) < 4.78 is 1.84. The molecule has 3 N–H and O–H groups in total. The molecule has 0 aromatic carbocycles. The number of hydrogen-bond donors (Lipinski definition) is 3. The number of rotatable bonds is 6. The Morgan fingerprint density at radius 3 is 2.82 bits per heavy atom. The van der Waals surface area contributed by atoms with Gasteiger partial charge in [0.25, 0.3) is 0 Å². The Hall–Kier alpha value is -4.11. The van der Waals surface area contributed by atoms with Crippen molar-refractivity contribution in [2.45, 2.75) is 45.1 Å². The Bertz CT molecular complexity index is 1640. The summed E-state index contributed by atoms with van der Waals surface area (Å²) >= 11 is 0. The predicted molar refractivity (Wildman–Crippen MR) is 150 cm³/mol. The maximum atomic E-state index is 5.14. The molecule has 5 aromatic heterocycles. The van der Waals surface area contributed by atoms with Crippen molar-refractivity contribution in [2.75, 3.05) is 23.7 Å². The van der Waals surface area contributed by atoms with Gasteiger partial charge < -0.3 is 16.0 Å². The van der Waals surface area contributed by atoms with E-state index in [0.29, 0.717) is 17.8 Å². The molecule has 38 heavy (non-hydrogen) atoms. The molecule has 1 unspecified atom stereocenters.